The van der Waals surface area contributed by atoms with E-state index < -0.39 is 0 Å². The third kappa shape index (κ3) is 4.64. The largest absolute Gasteiger partial charge is 0.343 e. The van der Waals surface area contributed by atoms with Crippen LogP contribution < -0.4 is 5.32 Å². The number of nitrogens with one attached hydrogen (secondary N) is 1. The molecular formula is C13H25N3O2. The van der Waals surface area contributed by atoms with Crippen LogP contribution in [0.3, 0.4) is 0 Å². The van der Waals surface area contributed by atoms with E-state index in [4.69, 9.17) is 0 Å². The Kier molecular flexibility index (Phi) is 6.72. The molecule has 1 aliphatic heterocycles. The molecule has 0 unspecified atom stereocenters. The number of rotatable bonds is 5. The van der Waals surface area contributed by atoms with Gasteiger partial charge in [-0.25, -0.2) is 0 Å². The summed E-state index contributed by atoms with van der Waals surface area (Å²) in [6.07, 6.45) is 1.68. The summed E-state index contributed by atoms with van der Waals surface area (Å²) in [5, 5.41) is 3.26. The number of hydrogen-bond donors (Lipinski definition) is 1. The Bertz CT molecular complexity index is 269. The van der Waals surface area contributed by atoms with Crippen LogP contribution in [0.4, 0.5) is 0 Å². The van der Waals surface area contributed by atoms with Crippen molar-refractivity contribution >= 4 is 11.8 Å². The standard InChI is InChI=1S/C13H25N3O2/c1-3-15(4-2)12(17)6-7-13(18)16-10-5-8-14-9-11-16/h14H,3-11H2,1-2H3. The molecule has 0 atom stereocenters. The Morgan fingerprint density at radius 1 is 1.11 bits per heavy atom. The van der Waals surface area contributed by atoms with Gasteiger partial charge in [0.25, 0.3) is 0 Å². The van der Waals surface area contributed by atoms with Crippen molar-refractivity contribution in [2.75, 3.05) is 39.3 Å². The van der Waals surface area contributed by atoms with Gasteiger partial charge in [0.05, 0.1) is 0 Å². The first-order valence-corrected chi connectivity index (χ1v) is 6.95. The highest BCUT2D eigenvalue weighted by atomic mass is 16.2. The minimum absolute atomic E-state index is 0.0845. The average molecular weight is 255 g/mol. The monoisotopic (exact) mass is 255 g/mol. The molecule has 0 aliphatic carbocycles. The van der Waals surface area contributed by atoms with E-state index in [0.717, 1.165) is 45.7 Å². The SMILES string of the molecule is CCN(CC)C(=O)CCC(=O)N1CCCNCC1. The second kappa shape index (κ2) is 8.08. The van der Waals surface area contributed by atoms with Crippen molar-refractivity contribution in [3.8, 4) is 0 Å². The lowest BCUT2D eigenvalue weighted by molar-refractivity contribution is -0.136. The predicted molar refractivity (Wildman–Crippen MR) is 71.2 cm³/mol. The molecule has 104 valence electrons. The second-order valence-corrected chi connectivity index (χ2v) is 4.55. The number of carbonyl (C=O) groups is 2. The highest BCUT2D eigenvalue weighted by Gasteiger charge is 2.17. The van der Waals surface area contributed by atoms with E-state index in [9.17, 15) is 9.59 Å². The molecular weight excluding hydrogens is 230 g/mol. The third-order valence-electron chi connectivity index (χ3n) is 3.36. The third-order valence-corrected chi connectivity index (χ3v) is 3.36. The topological polar surface area (TPSA) is 52.7 Å². The van der Waals surface area contributed by atoms with Crippen LogP contribution in [0.5, 0.6) is 0 Å². The molecule has 1 saturated heterocycles. The van der Waals surface area contributed by atoms with E-state index in [1.54, 1.807) is 4.90 Å². The molecule has 0 aromatic heterocycles. The summed E-state index contributed by atoms with van der Waals surface area (Å²) < 4.78 is 0. The molecule has 1 fully saturated rings. The molecule has 0 bridgehead atoms. The summed E-state index contributed by atoms with van der Waals surface area (Å²) in [5.74, 6) is 0.195. The fourth-order valence-corrected chi connectivity index (χ4v) is 2.20. The summed E-state index contributed by atoms with van der Waals surface area (Å²) in [7, 11) is 0. The molecule has 1 rings (SSSR count). The van der Waals surface area contributed by atoms with Crippen molar-refractivity contribution in [2.45, 2.75) is 33.1 Å². The molecule has 5 nitrogen and oxygen atoms in total. The minimum atomic E-state index is 0.0845. The minimum Gasteiger partial charge on any atom is -0.343 e. The van der Waals surface area contributed by atoms with Gasteiger partial charge in [0.2, 0.25) is 11.8 Å². The molecule has 0 aromatic carbocycles. The van der Waals surface area contributed by atoms with Gasteiger partial charge >= 0.3 is 0 Å². The highest BCUT2D eigenvalue weighted by molar-refractivity contribution is 5.83. The molecule has 18 heavy (non-hydrogen) atoms. The Hall–Kier alpha value is -1.10. The summed E-state index contributed by atoms with van der Waals surface area (Å²) >= 11 is 0. The fourth-order valence-electron chi connectivity index (χ4n) is 2.20. The molecule has 2 amide bonds. The Morgan fingerprint density at radius 2 is 1.83 bits per heavy atom. The van der Waals surface area contributed by atoms with Crippen LogP contribution in [0.25, 0.3) is 0 Å². The molecule has 1 aliphatic rings. The average Bonchev–Trinajstić information content (AvgIpc) is 2.66. The first-order valence-electron chi connectivity index (χ1n) is 6.95. The zero-order valence-corrected chi connectivity index (χ0v) is 11.6. The van der Waals surface area contributed by atoms with Crippen molar-refractivity contribution in [3.05, 3.63) is 0 Å². The number of hydrogen-bond acceptors (Lipinski definition) is 3. The zero-order chi connectivity index (χ0) is 13.4. The van der Waals surface area contributed by atoms with Gasteiger partial charge in [-0.05, 0) is 26.8 Å². The molecule has 0 saturated carbocycles. The van der Waals surface area contributed by atoms with E-state index in [1.165, 1.54) is 0 Å². The van der Waals surface area contributed by atoms with Gasteiger partial charge in [-0.3, -0.25) is 9.59 Å². The van der Waals surface area contributed by atoms with Crippen molar-refractivity contribution in [1.29, 1.82) is 0 Å². The van der Waals surface area contributed by atoms with Crippen LogP contribution in [0.1, 0.15) is 33.1 Å². The van der Waals surface area contributed by atoms with E-state index in [2.05, 4.69) is 5.32 Å². The summed E-state index contributed by atoms with van der Waals surface area (Å²) in [4.78, 5) is 27.4. The first-order chi connectivity index (χ1) is 8.69. The van der Waals surface area contributed by atoms with Gasteiger partial charge in [0.15, 0.2) is 0 Å². The summed E-state index contributed by atoms with van der Waals surface area (Å²) in [5.41, 5.74) is 0. The molecule has 1 heterocycles. The fraction of sp³-hybridized carbons (Fsp3) is 0.846. The van der Waals surface area contributed by atoms with Gasteiger partial charge in [0.1, 0.15) is 0 Å². The number of nitrogens with zero attached hydrogens (tertiary/aromatic N) is 2. The van der Waals surface area contributed by atoms with Crippen molar-refractivity contribution in [3.63, 3.8) is 0 Å². The molecule has 1 N–H and O–H groups in total. The van der Waals surface area contributed by atoms with Crippen LogP contribution in [-0.4, -0.2) is 60.9 Å². The maximum atomic E-state index is 12.0. The quantitative estimate of drug-likeness (QED) is 0.776. The smallest absolute Gasteiger partial charge is 0.223 e. The van der Waals surface area contributed by atoms with E-state index in [-0.39, 0.29) is 11.8 Å². The maximum absolute atomic E-state index is 12.0. The van der Waals surface area contributed by atoms with Crippen LogP contribution in [0, 0.1) is 0 Å². The van der Waals surface area contributed by atoms with E-state index in [0.29, 0.717) is 12.8 Å². The van der Waals surface area contributed by atoms with Gasteiger partial charge in [-0.1, -0.05) is 0 Å². The van der Waals surface area contributed by atoms with E-state index >= 15 is 0 Å². The van der Waals surface area contributed by atoms with Crippen LogP contribution in [0.2, 0.25) is 0 Å². The lowest BCUT2D eigenvalue weighted by Gasteiger charge is -2.21. The first kappa shape index (κ1) is 15.0. The number of amides is 2. The molecule has 0 aromatic rings. The Morgan fingerprint density at radius 3 is 2.50 bits per heavy atom. The Balaban J connectivity index is 2.33. The molecule has 0 spiro atoms. The normalized spacial score (nSPS) is 16.2. The highest BCUT2D eigenvalue weighted by Crippen LogP contribution is 2.04. The summed E-state index contributed by atoms with van der Waals surface area (Å²) in [6.45, 7) is 8.77. The second-order valence-electron chi connectivity index (χ2n) is 4.55. The van der Waals surface area contributed by atoms with Gasteiger partial charge in [-0.15, -0.1) is 0 Å². The van der Waals surface area contributed by atoms with Crippen LogP contribution in [-0.2, 0) is 9.59 Å². The van der Waals surface area contributed by atoms with Crippen LogP contribution >= 0.6 is 0 Å². The zero-order valence-electron chi connectivity index (χ0n) is 11.6. The van der Waals surface area contributed by atoms with E-state index in [1.807, 2.05) is 18.7 Å². The van der Waals surface area contributed by atoms with Gasteiger partial charge in [0, 0.05) is 45.6 Å². The Labute approximate surface area is 110 Å². The van der Waals surface area contributed by atoms with Crippen LogP contribution in [0.15, 0.2) is 0 Å². The van der Waals surface area contributed by atoms with Crippen molar-refractivity contribution in [1.82, 2.24) is 15.1 Å². The summed E-state index contributed by atoms with van der Waals surface area (Å²) in [6, 6.07) is 0. The maximum Gasteiger partial charge on any atom is 0.223 e. The van der Waals surface area contributed by atoms with Gasteiger partial charge in [-0.2, -0.15) is 0 Å². The van der Waals surface area contributed by atoms with Crippen molar-refractivity contribution in [2.24, 2.45) is 0 Å². The van der Waals surface area contributed by atoms with Crippen molar-refractivity contribution < 1.29 is 9.59 Å². The van der Waals surface area contributed by atoms with Gasteiger partial charge < -0.3 is 15.1 Å². The molecule has 5 heteroatoms. The lowest BCUT2D eigenvalue weighted by atomic mass is 10.2. The lowest BCUT2D eigenvalue weighted by Crippen LogP contribution is -2.36. The number of carbonyl (C=O) groups excluding carboxylic acids is 2. The predicted octanol–water partition coefficient (Wildman–Crippen LogP) is 0.457. The molecule has 0 radical (unpaired) electrons.